The predicted octanol–water partition coefficient (Wildman–Crippen LogP) is 14.4. The molecule has 4 heterocycles. The third kappa shape index (κ3) is 5.73. The molecule has 0 unspecified atom stereocenters. The molecule has 0 aliphatic carbocycles. The molecule has 6 heteroatoms. The van der Waals surface area contributed by atoms with E-state index in [0.717, 1.165) is 122 Å². The van der Waals surface area contributed by atoms with Gasteiger partial charge in [0.05, 0.1) is 44.1 Å². The Labute approximate surface area is 368 Å². The summed E-state index contributed by atoms with van der Waals surface area (Å²) in [5.74, 6) is 1.56. The molecule has 0 aliphatic rings. The van der Waals surface area contributed by atoms with Gasteiger partial charge in [0.1, 0.15) is 11.4 Å². The van der Waals surface area contributed by atoms with Crippen molar-refractivity contribution in [1.29, 1.82) is 0 Å². The van der Waals surface area contributed by atoms with E-state index in [-0.39, 0.29) is 0 Å². The lowest BCUT2D eigenvalue weighted by atomic mass is 10.0. The van der Waals surface area contributed by atoms with Gasteiger partial charge in [-0.2, -0.15) is 0 Å². The van der Waals surface area contributed by atoms with Crippen LogP contribution in [0.15, 0.2) is 218 Å². The molecule has 0 atom stereocenters. The van der Waals surface area contributed by atoms with Crippen LogP contribution in [0, 0.1) is 0 Å². The van der Waals surface area contributed by atoms with E-state index in [9.17, 15) is 0 Å². The Morgan fingerprint density at radius 2 is 0.594 bits per heavy atom. The second-order valence-corrected chi connectivity index (χ2v) is 16.3. The second-order valence-electron chi connectivity index (χ2n) is 16.3. The van der Waals surface area contributed by atoms with Crippen molar-refractivity contribution in [3.05, 3.63) is 218 Å². The van der Waals surface area contributed by atoms with Crippen molar-refractivity contribution >= 4 is 65.7 Å². The molecule has 298 valence electrons. The summed E-state index contributed by atoms with van der Waals surface area (Å²) in [6.07, 6.45) is 0. The lowest BCUT2D eigenvalue weighted by Gasteiger charge is -2.15. The highest BCUT2D eigenvalue weighted by atomic mass is 15.1. The van der Waals surface area contributed by atoms with Gasteiger partial charge in [0.2, 0.25) is 0 Å². The van der Waals surface area contributed by atoms with Gasteiger partial charge in [0.15, 0.2) is 11.6 Å². The fourth-order valence-electron chi connectivity index (χ4n) is 9.49. The van der Waals surface area contributed by atoms with Gasteiger partial charge in [-0.25, -0.2) is 19.9 Å². The van der Waals surface area contributed by atoms with Crippen LogP contribution in [0.1, 0.15) is 0 Å². The molecule has 0 bridgehead atoms. The van der Waals surface area contributed by atoms with E-state index in [0.29, 0.717) is 0 Å². The molecule has 0 radical (unpaired) electrons. The summed E-state index contributed by atoms with van der Waals surface area (Å²) >= 11 is 0. The topological polar surface area (TPSA) is 61.4 Å². The number of nitrogens with zero attached hydrogens (tertiary/aromatic N) is 6. The molecule has 13 aromatic rings. The highest BCUT2D eigenvalue weighted by Crippen LogP contribution is 2.42. The van der Waals surface area contributed by atoms with Gasteiger partial charge in [-0.15, -0.1) is 0 Å². The minimum Gasteiger partial charge on any atom is -0.292 e. The minimum atomic E-state index is 0.780. The lowest BCUT2D eigenvalue weighted by molar-refractivity contribution is 1.08. The molecule has 0 aliphatic heterocycles. The molecule has 9 aromatic carbocycles. The number of para-hydroxylation sites is 2. The highest BCUT2D eigenvalue weighted by molar-refractivity contribution is 6.19. The average Bonchev–Trinajstić information content (AvgIpc) is 3.87. The zero-order valence-electron chi connectivity index (χ0n) is 34.5. The van der Waals surface area contributed by atoms with Crippen LogP contribution in [0.4, 0.5) is 0 Å². The van der Waals surface area contributed by atoms with Gasteiger partial charge in [0, 0.05) is 32.7 Å². The zero-order valence-corrected chi connectivity index (χ0v) is 34.5. The number of hydrogen-bond donors (Lipinski definition) is 0. The van der Waals surface area contributed by atoms with E-state index in [1.807, 2.05) is 24.3 Å². The quantitative estimate of drug-likeness (QED) is 0.168. The largest absolute Gasteiger partial charge is 0.292 e. The molecule has 13 rings (SSSR count). The first-order valence-electron chi connectivity index (χ1n) is 21.6. The van der Waals surface area contributed by atoms with Crippen LogP contribution in [0.25, 0.3) is 122 Å². The Balaban J connectivity index is 1.09. The zero-order chi connectivity index (χ0) is 42.1. The summed E-state index contributed by atoms with van der Waals surface area (Å²) in [4.78, 5) is 21.9. The van der Waals surface area contributed by atoms with Crippen molar-refractivity contribution in [2.45, 2.75) is 0 Å². The van der Waals surface area contributed by atoms with Crippen molar-refractivity contribution in [3.63, 3.8) is 0 Å². The van der Waals surface area contributed by atoms with Crippen molar-refractivity contribution < 1.29 is 0 Å². The van der Waals surface area contributed by atoms with Crippen LogP contribution in [0.3, 0.4) is 0 Å². The first kappa shape index (κ1) is 36.0. The first-order chi connectivity index (χ1) is 31.7. The third-order valence-electron chi connectivity index (χ3n) is 12.5. The Morgan fingerprint density at radius 3 is 1.00 bits per heavy atom. The number of fused-ring (bicyclic) bond motifs is 8. The molecule has 6 nitrogen and oxygen atoms in total. The van der Waals surface area contributed by atoms with E-state index in [2.05, 4.69) is 203 Å². The Bertz CT molecular complexity index is 3670. The summed E-state index contributed by atoms with van der Waals surface area (Å²) < 4.78 is 4.62. The maximum atomic E-state index is 5.50. The highest BCUT2D eigenvalue weighted by Gasteiger charge is 2.24. The molecule has 0 N–H and O–H groups in total. The maximum absolute atomic E-state index is 5.50. The monoisotopic (exact) mass is 816 g/mol. The standard InChI is InChI=1S/C58H36N6/c1-5-17-37(18-6-1)41-29-31-47-49(33-41)59-55(39-21-9-3-10-22-39)57(61-47)63-51-27-15-13-25-43(51)45-36-54-46(35-53(45)63)44-26-14-16-28-52(44)64(54)58-56(40-23-11-4-12-24-40)60-50-34-42(30-32-48(50)62-58)38-19-7-2-8-20-38/h1-36H. The summed E-state index contributed by atoms with van der Waals surface area (Å²) in [5, 5.41) is 4.46. The number of aromatic nitrogens is 6. The van der Waals surface area contributed by atoms with Crippen LogP contribution < -0.4 is 0 Å². The van der Waals surface area contributed by atoms with E-state index < -0.39 is 0 Å². The van der Waals surface area contributed by atoms with Crippen LogP contribution in [0.2, 0.25) is 0 Å². The van der Waals surface area contributed by atoms with Gasteiger partial charge in [-0.05, 0) is 70.8 Å². The van der Waals surface area contributed by atoms with Gasteiger partial charge in [-0.1, -0.05) is 170 Å². The lowest BCUT2D eigenvalue weighted by Crippen LogP contribution is -2.04. The summed E-state index contributed by atoms with van der Waals surface area (Å²) in [7, 11) is 0. The van der Waals surface area contributed by atoms with Crippen molar-refractivity contribution in [1.82, 2.24) is 29.1 Å². The molecule has 0 saturated heterocycles. The first-order valence-corrected chi connectivity index (χ1v) is 21.6. The molecule has 0 amide bonds. The van der Waals surface area contributed by atoms with E-state index >= 15 is 0 Å². The number of hydrogen-bond acceptors (Lipinski definition) is 4. The van der Waals surface area contributed by atoms with Crippen LogP contribution in [0.5, 0.6) is 0 Å². The molecule has 0 saturated carbocycles. The van der Waals surface area contributed by atoms with Gasteiger partial charge < -0.3 is 0 Å². The van der Waals surface area contributed by atoms with Crippen LogP contribution >= 0.6 is 0 Å². The fourth-order valence-corrected chi connectivity index (χ4v) is 9.49. The van der Waals surface area contributed by atoms with Gasteiger partial charge >= 0.3 is 0 Å². The van der Waals surface area contributed by atoms with E-state index in [4.69, 9.17) is 19.9 Å². The summed E-state index contributed by atoms with van der Waals surface area (Å²) in [6.45, 7) is 0. The minimum absolute atomic E-state index is 0.780. The normalized spacial score (nSPS) is 11.8. The Hall–Kier alpha value is -8.74. The molecule has 0 spiro atoms. The molecule has 4 aromatic heterocycles. The number of rotatable bonds is 6. The fraction of sp³-hybridized carbons (Fsp3) is 0. The molecule has 64 heavy (non-hydrogen) atoms. The van der Waals surface area contributed by atoms with Gasteiger partial charge in [0.25, 0.3) is 0 Å². The van der Waals surface area contributed by atoms with Crippen LogP contribution in [-0.2, 0) is 0 Å². The molecular weight excluding hydrogens is 781 g/mol. The smallest absolute Gasteiger partial charge is 0.165 e. The summed E-state index contributed by atoms with van der Waals surface area (Å²) in [6, 6.07) is 76.5. The van der Waals surface area contributed by atoms with Gasteiger partial charge in [-0.3, -0.25) is 9.13 Å². The van der Waals surface area contributed by atoms with Crippen LogP contribution in [-0.4, -0.2) is 29.1 Å². The SMILES string of the molecule is c1ccc(-c2ccc3nc(-n4c5ccccc5c5cc6c(cc54)c4ccccc4n6-c4nc5ccc(-c6ccccc6)cc5nc4-c4ccccc4)c(-c4ccccc4)nc3c2)cc1. The number of benzene rings is 9. The Morgan fingerprint density at radius 1 is 0.234 bits per heavy atom. The van der Waals surface area contributed by atoms with Crippen molar-refractivity contribution in [2.75, 3.05) is 0 Å². The maximum Gasteiger partial charge on any atom is 0.165 e. The van der Waals surface area contributed by atoms with Crippen molar-refractivity contribution in [3.8, 4) is 56.4 Å². The average molecular weight is 817 g/mol. The Kier molecular flexibility index (Phi) is 8.11. The van der Waals surface area contributed by atoms with Crippen molar-refractivity contribution in [2.24, 2.45) is 0 Å². The second kappa shape index (κ2) is 14.4. The molecular formula is C58H36N6. The predicted molar refractivity (Wildman–Crippen MR) is 263 cm³/mol. The van der Waals surface area contributed by atoms with E-state index in [1.165, 1.54) is 0 Å². The summed E-state index contributed by atoms with van der Waals surface area (Å²) in [5.41, 5.74) is 15.7. The van der Waals surface area contributed by atoms with E-state index in [1.54, 1.807) is 0 Å². The molecule has 0 fully saturated rings. The third-order valence-corrected chi connectivity index (χ3v) is 12.5.